The number of carboxylic acids is 1. The van der Waals surface area contributed by atoms with Crippen LogP contribution in [0, 0.1) is 46.3 Å². The van der Waals surface area contributed by atoms with Crippen molar-refractivity contribution in [3.05, 3.63) is 11.6 Å². The zero-order valence-electron chi connectivity index (χ0n) is 32.5. The summed E-state index contributed by atoms with van der Waals surface area (Å²) >= 11 is 0. The summed E-state index contributed by atoms with van der Waals surface area (Å²) in [5, 5.41) is 77.4. The lowest BCUT2D eigenvalue weighted by molar-refractivity contribution is -0.312. The predicted molar refractivity (Wildman–Crippen MR) is 193 cm³/mol. The van der Waals surface area contributed by atoms with Gasteiger partial charge in [0, 0.05) is 6.92 Å². The van der Waals surface area contributed by atoms with Crippen LogP contribution in [-0.4, -0.2) is 128 Å². The van der Waals surface area contributed by atoms with Gasteiger partial charge in [0.25, 0.3) is 0 Å². The second kappa shape index (κ2) is 16.6. The maximum Gasteiger partial charge on any atom is 0.314 e. The molecule has 4 aliphatic carbocycles. The fraction of sp³-hybridized carbons (Fsp3) is 0.900. The van der Waals surface area contributed by atoms with Gasteiger partial charge < -0.3 is 60.0 Å². The van der Waals surface area contributed by atoms with E-state index in [9.17, 15) is 45.3 Å². The van der Waals surface area contributed by atoms with Gasteiger partial charge >= 0.3 is 5.97 Å². The minimum Gasteiger partial charge on any atom is -0.481 e. The summed E-state index contributed by atoms with van der Waals surface area (Å²) in [6.07, 6.45) is -2.49. The van der Waals surface area contributed by atoms with Crippen LogP contribution in [-0.2, 0) is 28.5 Å². The average Bonchev–Trinajstić information content (AvgIpc) is 3.61. The normalized spacial score (nSPS) is 46.7. The van der Waals surface area contributed by atoms with Crippen LogP contribution in [0.1, 0.15) is 98.8 Å². The number of aliphatic carboxylic acids is 1. The first kappa shape index (κ1) is 41.9. The molecular weight excluding hydrogens is 702 g/mol. The lowest BCUT2D eigenvalue weighted by Gasteiger charge is -2.59. The molecule has 6 rings (SSSR count). The Morgan fingerprint density at radius 3 is 2.20 bits per heavy atom. The number of ether oxygens (including phenoxy) is 4. The first-order chi connectivity index (χ1) is 25.6. The van der Waals surface area contributed by atoms with Crippen molar-refractivity contribution in [2.75, 3.05) is 13.2 Å². The van der Waals surface area contributed by atoms with E-state index in [2.05, 4.69) is 33.0 Å². The van der Waals surface area contributed by atoms with Gasteiger partial charge in [-0.1, -0.05) is 58.6 Å². The largest absolute Gasteiger partial charge is 0.481 e. The zero-order valence-corrected chi connectivity index (χ0v) is 32.5. The second-order valence-corrected chi connectivity index (χ2v) is 18.0. The van der Waals surface area contributed by atoms with Crippen molar-refractivity contribution in [1.82, 2.24) is 5.32 Å². The highest BCUT2D eigenvalue weighted by molar-refractivity contribution is 5.80. The number of fused-ring (bicyclic) bond motifs is 5. The van der Waals surface area contributed by atoms with E-state index in [1.165, 1.54) is 26.2 Å². The van der Waals surface area contributed by atoms with Crippen LogP contribution in [0.3, 0.4) is 0 Å². The molecule has 0 radical (unpaired) electrons. The van der Waals surface area contributed by atoms with Crippen molar-refractivity contribution in [2.45, 2.75) is 166 Å². The minimum atomic E-state index is -1.58. The number of hydrogen-bond donors (Lipinski definition) is 8. The molecule has 3 saturated carbocycles. The van der Waals surface area contributed by atoms with Crippen LogP contribution < -0.4 is 5.32 Å². The molecule has 54 heavy (non-hydrogen) atoms. The number of rotatable bonds is 13. The summed E-state index contributed by atoms with van der Waals surface area (Å²) < 4.78 is 23.9. The molecule has 0 bridgehead atoms. The Bertz CT molecular complexity index is 1360. The Morgan fingerprint density at radius 1 is 0.889 bits per heavy atom. The number of amides is 1. The molecule has 0 aromatic carbocycles. The summed E-state index contributed by atoms with van der Waals surface area (Å²) in [6, 6.07) is -1.18. The number of carbonyl (C=O) groups excluding carboxylic acids is 1. The van der Waals surface area contributed by atoms with Gasteiger partial charge in [-0.3, -0.25) is 9.59 Å². The Balaban J connectivity index is 1.21. The molecule has 1 amide bonds. The Kier molecular flexibility index (Phi) is 12.9. The molecule has 0 spiro atoms. The molecule has 14 heteroatoms. The Labute approximate surface area is 318 Å². The molecule has 6 aliphatic rings. The molecule has 2 heterocycles. The van der Waals surface area contributed by atoms with Crippen molar-refractivity contribution in [3.8, 4) is 0 Å². The molecule has 1 unspecified atom stereocenters. The van der Waals surface area contributed by atoms with Gasteiger partial charge in [-0.15, -0.1) is 0 Å². The number of hydrogen-bond acceptors (Lipinski definition) is 12. The number of carbonyl (C=O) groups is 2. The summed E-state index contributed by atoms with van der Waals surface area (Å²) in [5.74, 6) is 0.265. The van der Waals surface area contributed by atoms with Crippen LogP contribution in [0.4, 0.5) is 0 Å². The van der Waals surface area contributed by atoms with Crippen LogP contribution in [0.25, 0.3) is 0 Å². The van der Waals surface area contributed by atoms with E-state index in [0.717, 1.165) is 25.7 Å². The first-order valence-corrected chi connectivity index (χ1v) is 20.3. The predicted octanol–water partition coefficient (Wildman–Crippen LogP) is 1.86. The quantitative estimate of drug-likeness (QED) is 0.126. The van der Waals surface area contributed by atoms with Crippen molar-refractivity contribution < 1.29 is 64.3 Å². The summed E-state index contributed by atoms with van der Waals surface area (Å²) in [5.41, 5.74) is -0.471. The molecular formula is C40H65NO13. The standard InChI is InChI=1S/C40H65NO13/c1-19(2)7-6-8-20(3)24-9-10-25-30-26(12-13-39(24,25)5)40(38(49)50)14-11-23(15-22(40)16-27(30)45)51-36-31(41-21(4)44)35(33(47)29(18-43)52-36)54-37-34(48)32(46)28(17-42)53-37/h16,19-20,23-37,42-43,45-48H,6-15,17-18H2,1-5H3,(H,41,44)(H,49,50)/t20-,23+,24-,25+,26?,27+,28-,29-,30+,31-,32-,33-,34+,35-,36-,37+,39-,40-/m1/s1. The van der Waals surface area contributed by atoms with Crippen LogP contribution in [0.5, 0.6) is 0 Å². The zero-order chi connectivity index (χ0) is 39.3. The fourth-order valence-electron chi connectivity index (χ4n) is 11.9. The van der Waals surface area contributed by atoms with Gasteiger partial charge in [-0.2, -0.15) is 0 Å². The van der Waals surface area contributed by atoms with Crippen molar-refractivity contribution >= 4 is 11.9 Å². The number of nitrogens with one attached hydrogen (secondary N) is 1. The first-order valence-electron chi connectivity index (χ1n) is 20.3. The molecule has 18 atom stereocenters. The van der Waals surface area contributed by atoms with E-state index in [0.29, 0.717) is 29.7 Å². The highest BCUT2D eigenvalue weighted by Gasteiger charge is 2.65. The van der Waals surface area contributed by atoms with Gasteiger partial charge in [0.1, 0.15) is 42.7 Å². The lowest BCUT2D eigenvalue weighted by Crippen LogP contribution is -2.66. The van der Waals surface area contributed by atoms with Crippen molar-refractivity contribution in [2.24, 2.45) is 46.3 Å². The summed E-state index contributed by atoms with van der Waals surface area (Å²) in [6.45, 7) is 9.32. The Hall–Kier alpha value is -1.72. The second-order valence-electron chi connectivity index (χ2n) is 18.0. The van der Waals surface area contributed by atoms with E-state index in [1.807, 2.05) is 0 Å². The van der Waals surface area contributed by atoms with E-state index >= 15 is 0 Å². The highest BCUT2D eigenvalue weighted by atomic mass is 16.7. The van der Waals surface area contributed by atoms with Crippen molar-refractivity contribution in [1.29, 1.82) is 0 Å². The SMILES string of the molecule is CC(=O)N[C@H]1[C@H](O[C@H]2CC[C@@]3(C(=O)O)C(=C[C@H](O)[C@@H]4C3CC[C@]3(C)[C@@H]([C@H](C)CCCC(C)C)CC[C@@H]43)C2)O[C@H](CO)[C@@H](O)[C@@H]1O[C@@H]1O[C@H](CO)[C@@H](O)[C@@H]1O. The summed E-state index contributed by atoms with van der Waals surface area (Å²) in [4.78, 5) is 26.0. The van der Waals surface area contributed by atoms with E-state index in [1.54, 1.807) is 6.08 Å². The van der Waals surface area contributed by atoms with Crippen LogP contribution in [0.15, 0.2) is 11.6 Å². The third-order valence-corrected chi connectivity index (χ3v) is 14.5. The Morgan fingerprint density at radius 2 is 1.57 bits per heavy atom. The van der Waals surface area contributed by atoms with Gasteiger partial charge in [0.15, 0.2) is 12.6 Å². The molecule has 308 valence electrons. The number of aliphatic hydroxyl groups is 6. The van der Waals surface area contributed by atoms with Crippen molar-refractivity contribution in [3.63, 3.8) is 0 Å². The molecule has 5 fully saturated rings. The van der Waals surface area contributed by atoms with Crippen LogP contribution in [0.2, 0.25) is 0 Å². The van der Waals surface area contributed by atoms with Crippen LogP contribution >= 0.6 is 0 Å². The molecule has 0 aromatic rings. The topological polar surface area (TPSA) is 225 Å². The lowest BCUT2D eigenvalue weighted by atomic mass is 9.45. The van der Waals surface area contributed by atoms with E-state index in [4.69, 9.17) is 18.9 Å². The van der Waals surface area contributed by atoms with Gasteiger partial charge in [0.05, 0.1) is 30.8 Å². The molecule has 8 N–H and O–H groups in total. The molecule has 2 saturated heterocycles. The molecule has 2 aliphatic heterocycles. The molecule has 14 nitrogen and oxygen atoms in total. The number of aliphatic hydroxyl groups excluding tert-OH is 6. The minimum absolute atomic E-state index is 0.0465. The van der Waals surface area contributed by atoms with Gasteiger partial charge in [-0.25, -0.2) is 0 Å². The average molecular weight is 768 g/mol. The third kappa shape index (κ3) is 7.54. The van der Waals surface area contributed by atoms with E-state index < -0.39 is 98.0 Å². The third-order valence-electron chi connectivity index (χ3n) is 14.5. The van der Waals surface area contributed by atoms with Gasteiger partial charge in [-0.05, 0) is 85.9 Å². The highest BCUT2D eigenvalue weighted by Crippen LogP contribution is 2.67. The summed E-state index contributed by atoms with van der Waals surface area (Å²) in [7, 11) is 0. The van der Waals surface area contributed by atoms with Gasteiger partial charge in [0.2, 0.25) is 5.91 Å². The number of carboxylic acid groups (broad SMARTS) is 1. The molecule has 0 aromatic heterocycles. The maximum atomic E-state index is 13.5. The van der Waals surface area contributed by atoms with E-state index in [-0.39, 0.29) is 36.0 Å². The monoisotopic (exact) mass is 767 g/mol. The smallest absolute Gasteiger partial charge is 0.314 e. The fourth-order valence-corrected chi connectivity index (χ4v) is 11.9. The maximum absolute atomic E-state index is 13.5.